The lowest BCUT2D eigenvalue weighted by Gasteiger charge is -2.03. The fourth-order valence-electron chi connectivity index (χ4n) is 1.78. The van der Waals surface area contributed by atoms with Crippen LogP contribution in [0.2, 0.25) is 5.15 Å². The molecule has 0 atom stereocenters. The molecule has 3 heterocycles. The number of imidazole rings is 1. The summed E-state index contributed by atoms with van der Waals surface area (Å²) >= 11 is 5.81. The molecule has 0 saturated carbocycles. The van der Waals surface area contributed by atoms with Gasteiger partial charge in [0.05, 0.1) is 11.9 Å². The van der Waals surface area contributed by atoms with Crippen molar-refractivity contribution >= 4 is 29.1 Å². The summed E-state index contributed by atoms with van der Waals surface area (Å²) in [7, 11) is 0. The van der Waals surface area contributed by atoms with Crippen molar-refractivity contribution in [3.63, 3.8) is 0 Å². The number of halogens is 4. The highest BCUT2D eigenvalue weighted by Gasteiger charge is 2.39. The number of aromatic amines is 1. The molecule has 0 radical (unpaired) electrons. The van der Waals surface area contributed by atoms with Gasteiger partial charge in [-0.15, -0.1) is 0 Å². The molecule has 0 amide bonds. The van der Waals surface area contributed by atoms with Crippen LogP contribution in [0.15, 0.2) is 12.7 Å². The van der Waals surface area contributed by atoms with Crippen molar-refractivity contribution in [1.29, 1.82) is 0 Å². The lowest BCUT2D eigenvalue weighted by molar-refractivity contribution is -0.141. The molecule has 11 heteroatoms. The van der Waals surface area contributed by atoms with Crippen LogP contribution in [0.1, 0.15) is 16.1 Å². The molecule has 0 aliphatic rings. The number of carbonyl (C=O) groups is 1. The molecule has 0 aliphatic carbocycles. The highest BCUT2D eigenvalue weighted by molar-refractivity contribution is 6.32. The van der Waals surface area contributed by atoms with Crippen LogP contribution < -0.4 is 0 Å². The number of carbonyl (C=O) groups excluding carboxylic acids is 1. The number of fused-ring (bicyclic) bond motifs is 1. The number of aldehydes is 1. The third kappa shape index (κ3) is 2.03. The highest BCUT2D eigenvalue weighted by Crippen LogP contribution is 2.34. The Bertz CT molecular complexity index is 839. The van der Waals surface area contributed by atoms with E-state index in [1.807, 2.05) is 0 Å². The highest BCUT2D eigenvalue weighted by atomic mass is 35.5. The van der Waals surface area contributed by atoms with Crippen LogP contribution in [0.25, 0.3) is 17.0 Å². The summed E-state index contributed by atoms with van der Waals surface area (Å²) in [4.78, 5) is 25.0. The van der Waals surface area contributed by atoms with Gasteiger partial charge < -0.3 is 4.98 Å². The minimum atomic E-state index is -4.81. The number of alkyl halides is 3. The number of rotatable bonds is 2. The Balaban J connectivity index is 2.31. The molecule has 0 unspecified atom stereocenters. The van der Waals surface area contributed by atoms with E-state index < -0.39 is 22.6 Å². The van der Waals surface area contributed by atoms with E-state index >= 15 is 0 Å². The number of nitrogens with one attached hydrogen (secondary N) is 1. The van der Waals surface area contributed by atoms with Gasteiger partial charge >= 0.3 is 6.18 Å². The molecular formula is C10H4ClF3N6O. The van der Waals surface area contributed by atoms with Gasteiger partial charge in [-0.25, -0.2) is 19.6 Å². The standard InChI is InChI=1S/C10H4ClF3N6O/c11-7-4(1-21)6(10(12,13)14)19-20(7)9-5-8(16-2-15-5)17-3-18-9/h1-3H,(H,15,16,17,18). The van der Waals surface area contributed by atoms with Gasteiger partial charge in [-0.05, 0) is 0 Å². The van der Waals surface area contributed by atoms with Gasteiger partial charge in [-0.2, -0.15) is 18.3 Å². The molecule has 0 aromatic carbocycles. The van der Waals surface area contributed by atoms with Gasteiger partial charge in [-0.1, -0.05) is 11.6 Å². The summed E-state index contributed by atoms with van der Waals surface area (Å²) in [5.74, 6) is -0.0406. The van der Waals surface area contributed by atoms with Gasteiger partial charge in [0.1, 0.15) is 17.0 Å². The van der Waals surface area contributed by atoms with E-state index in [0.717, 1.165) is 11.0 Å². The second-order valence-corrected chi connectivity index (χ2v) is 4.24. The Morgan fingerprint density at radius 3 is 2.67 bits per heavy atom. The maximum Gasteiger partial charge on any atom is 0.435 e. The first-order valence-electron chi connectivity index (χ1n) is 5.39. The topological polar surface area (TPSA) is 89.3 Å². The molecule has 3 aromatic heterocycles. The fraction of sp³-hybridized carbons (Fsp3) is 0.100. The molecule has 0 aliphatic heterocycles. The van der Waals surface area contributed by atoms with Crippen LogP contribution >= 0.6 is 11.6 Å². The lowest BCUT2D eigenvalue weighted by atomic mass is 10.2. The smallest absolute Gasteiger partial charge is 0.340 e. The third-order valence-electron chi connectivity index (χ3n) is 2.65. The summed E-state index contributed by atoms with van der Waals surface area (Å²) in [6, 6.07) is 0. The fourth-order valence-corrected chi connectivity index (χ4v) is 2.03. The largest absolute Gasteiger partial charge is 0.435 e. The van der Waals surface area contributed by atoms with E-state index in [9.17, 15) is 18.0 Å². The predicted octanol–water partition coefficient (Wildman–Crippen LogP) is 2.02. The second-order valence-electron chi connectivity index (χ2n) is 3.88. The Kier molecular flexibility index (Phi) is 2.90. The van der Waals surface area contributed by atoms with Gasteiger partial charge in [0.2, 0.25) is 0 Å². The zero-order valence-electron chi connectivity index (χ0n) is 9.89. The Labute approximate surface area is 118 Å². The molecule has 21 heavy (non-hydrogen) atoms. The molecule has 0 spiro atoms. The van der Waals surface area contributed by atoms with Crippen LogP contribution in [-0.4, -0.2) is 36.0 Å². The molecule has 0 bridgehead atoms. The third-order valence-corrected chi connectivity index (χ3v) is 3.02. The van der Waals surface area contributed by atoms with E-state index in [2.05, 4.69) is 25.0 Å². The van der Waals surface area contributed by atoms with Crippen LogP contribution in [-0.2, 0) is 6.18 Å². The molecule has 0 saturated heterocycles. The maximum atomic E-state index is 12.9. The number of nitrogens with zero attached hydrogens (tertiary/aromatic N) is 5. The molecule has 7 nitrogen and oxygen atoms in total. The first-order chi connectivity index (χ1) is 9.93. The minimum Gasteiger partial charge on any atom is -0.340 e. The molecule has 3 rings (SSSR count). The van der Waals surface area contributed by atoms with Crippen LogP contribution in [0.4, 0.5) is 13.2 Å². The number of aromatic nitrogens is 6. The molecule has 108 valence electrons. The monoisotopic (exact) mass is 316 g/mol. The number of hydrogen-bond donors (Lipinski definition) is 1. The van der Waals surface area contributed by atoms with Crippen LogP contribution in [0, 0.1) is 0 Å². The van der Waals surface area contributed by atoms with Crippen molar-refractivity contribution in [2.45, 2.75) is 6.18 Å². The number of hydrogen-bond acceptors (Lipinski definition) is 5. The SMILES string of the molecule is O=Cc1c(C(F)(F)F)nn(-c2ncnc3nc[nH]c23)c1Cl. The Morgan fingerprint density at radius 1 is 1.29 bits per heavy atom. The van der Waals surface area contributed by atoms with Gasteiger partial charge in [0.25, 0.3) is 0 Å². The van der Waals surface area contributed by atoms with E-state index in [4.69, 9.17) is 11.6 Å². The average Bonchev–Trinajstić information content (AvgIpc) is 3.01. The Hall–Kier alpha value is -2.49. The van der Waals surface area contributed by atoms with E-state index in [0.29, 0.717) is 0 Å². The van der Waals surface area contributed by atoms with Crippen molar-refractivity contribution in [3.05, 3.63) is 29.1 Å². The zero-order valence-corrected chi connectivity index (χ0v) is 10.6. The average molecular weight is 317 g/mol. The van der Waals surface area contributed by atoms with Gasteiger partial charge in [0.15, 0.2) is 23.4 Å². The van der Waals surface area contributed by atoms with Gasteiger partial charge in [-0.3, -0.25) is 4.79 Å². The first-order valence-corrected chi connectivity index (χ1v) is 5.76. The second kappa shape index (κ2) is 4.52. The summed E-state index contributed by atoms with van der Waals surface area (Å²) in [6.07, 6.45) is -2.42. The van der Waals surface area contributed by atoms with Crippen molar-refractivity contribution in [2.75, 3.05) is 0 Å². The quantitative estimate of drug-likeness (QED) is 0.731. The van der Waals surface area contributed by atoms with Gasteiger partial charge in [0, 0.05) is 0 Å². The van der Waals surface area contributed by atoms with Crippen molar-refractivity contribution in [2.24, 2.45) is 0 Å². The van der Waals surface area contributed by atoms with Crippen LogP contribution in [0.3, 0.4) is 0 Å². The van der Waals surface area contributed by atoms with Crippen molar-refractivity contribution in [1.82, 2.24) is 29.7 Å². The minimum absolute atomic E-state index is 0.00000142. The summed E-state index contributed by atoms with van der Waals surface area (Å²) in [5.41, 5.74) is -1.66. The van der Waals surface area contributed by atoms with E-state index in [-0.39, 0.29) is 23.3 Å². The Morgan fingerprint density at radius 2 is 2.05 bits per heavy atom. The molecule has 3 aromatic rings. The van der Waals surface area contributed by atoms with E-state index in [1.54, 1.807) is 0 Å². The lowest BCUT2D eigenvalue weighted by Crippen LogP contribution is -2.10. The summed E-state index contributed by atoms with van der Waals surface area (Å²) in [6.45, 7) is 0. The van der Waals surface area contributed by atoms with Crippen molar-refractivity contribution < 1.29 is 18.0 Å². The predicted molar refractivity (Wildman–Crippen MR) is 64.2 cm³/mol. The number of H-pyrrole nitrogens is 1. The molecule has 1 N–H and O–H groups in total. The van der Waals surface area contributed by atoms with Crippen LogP contribution in [0.5, 0.6) is 0 Å². The molecule has 0 fully saturated rings. The van der Waals surface area contributed by atoms with E-state index in [1.165, 1.54) is 6.33 Å². The van der Waals surface area contributed by atoms with Crippen molar-refractivity contribution in [3.8, 4) is 5.82 Å². The summed E-state index contributed by atoms with van der Waals surface area (Å²) in [5, 5.41) is 2.85. The summed E-state index contributed by atoms with van der Waals surface area (Å²) < 4.78 is 39.3. The maximum absolute atomic E-state index is 12.9. The molecular weight excluding hydrogens is 313 g/mol. The first kappa shape index (κ1) is 13.5. The normalized spacial score (nSPS) is 12.0. The zero-order chi connectivity index (χ0) is 15.2.